The molecule has 0 spiro atoms. The fraction of sp³-hybridized carbons (Fsp3) is 0.600. The summed E-state index contributed by atoms with van der Waals surface area (Å²) in [5.41, 5.74) is 5.29. The van der Waals surface area contributed by atoms with Crippen LogP contribution in [0.3, 0.4) is 0 Å². The monoisotopic (exact) mass is 224 g/mol. The van der Waals surface area contributed by atoms with E-state index >= 15 is 0 Å². The SMILES string of the molecule is N#CC1(Cn2cc(Cl)c(N)n2)CCCC1. The van der Waals surface area contributed by atoms with E-state index in [1.165, 1.54) is 0 Å². The number of hydrogen-bond acceptors (Lipinski definition) is 3. The van der Waals surface area contributed by atoms with Gasteiger partial charge < -0.3 is 5.73 Å². The molecule has 1 aliphatic rings. The lowest BCUT2D eigenvalue weighted by Crippen LogP contribution is -2.21. The van der Waals surface area contributed by atoms with E-state index in [1.54, 1.807) is 10.9 Å². The van der Waals surface area contributed by atoms with Crippen molar-refractivity contribution in [2.24, 2.45) is 5.41 Å². The van der Waals surface area contributed by atoms with Crippen LogP contribution in [0.5, 0.6) is 0 Å². The van der Waals surface area contributed by atoms with Crippen LogP contribution in [-0.4, -0.2) is 9.78 Å². The molecule has 1 fully saturated rings. The molecule has 1 heterocycles. The van der Waals surface area contributed by atoms with Crippen molar-refractivity contribution in [3.05, 3.63) is 11.2 Å². The molecule has 0 aliphatic heterocycles. The van der Waals surface area contributed by atoms with Gasteiger partial charge in [0.2, 0.25) is 0 Å². The van der Waals surface area contributed by atoms with Gasteiger partial charge in [0.1, 0.15) is 5.02 Å². The van der Waals surface area contributed by atoms with Gasteiger partial charge in [0.25, 0.3) is 0 Å². The molecular formula is C10H13ClN4. The predicted octanol–water partition coefficient (Wildman–Crippen LogP) is 2.20. The first-order chi connectivity index (χ1) is 7.15. The fourth-order valence-corrected chi connectivity index (χ4v) is 2.31. The Bertz CT molecular complexity index is 379. The molecule has 0 saturated heterocycles. The minimum Gasteiger partial charge on any atom is -0.381 e. The van der Waals surface area contributed by atoms with Crippen LogP contribution in [0.1, 0.15) is 25.7 Å². The number of anilines is 1. The Morgan fingerprint density at radius 1 is 1.60 bits per heavy atom. The van der Waals surface area contributed by atoms with Crippen molar-refractivity contribution in [2.75, 3.05) is 5.73 Å². The second kappa shape index (κ2) is 3.74. The Hall–Kier alpha value is -1.21. The second-order valence-electron chi connectivity index (χ2n) is 4.16. The zero-order valence-corrected chi connectivity index (χ0v) is 9.17. The van der Waals surface area contributed by atoms with Crippen molar-refractivity contribution in [1.82, 2.24) is 9.78 Å². The predicted molar refractivity (Wildman–Crippen MR) is 58.2 cm³/mol. The summed E-state index contributed by atoms with van der Waals surface area (Å²) in [4.78, 5) is 0. The van der Waals surface area contributed by atoms with E-state index in [0.29, 0.717) is 17.4 Å². The third-order valence-corrected chi connectivity index (χ3v) is 3.30. The van der Waals surface area contributed by atoms with Crippen LogP contribution >= 0.6 is 11.6 Å². The summed E-state index contributed by atoms with van der Waals surface area (Å²) in [5.74, 6) is 0.336. The van der Waals surface area contributed by atoms with Crippen LogP contribution in [0.15, 0.2) is 6.20 Å². The maximum atomic E-state index is 9.20. The average molecular weight is 225 g/mol. The van der Waals surface area contributed by atoms with Gasteiger partial charge in [-0.25, -0.2) is 0 Å². The first-order valence-corrected chi connectivity index (χ1v) is 5.43. The lowest BCUT2D eigenvalue weighted by atomic mass is 9.88. The molecule has 80 valence electrons. The molecule has 0 bridgehead atoms. The van der Waals surface area contributed by atoms with Gasteiger partial charge in [-0.1, -0.05) is 24.4 Å². The van der Waals surface area contributed by atoms with Gasteiger partial charge in [-0.3, -0.25) is 4.68 Å². The molecule has 1 aliphatic carbocycles. The molecule has 5 heteroatoms. The van der Waals surface area contributed by atoms with Crippen molar-refractivity contribution in [1.29, 1.82) is 5.26 Å². The van der Waals surface area contributed by atoms with Gasteiger partial charge in [-0.05, 0) is 12.8 Å². The fourth-order valence-electron chi connectivity index (χ4n) is 2.16. The van der Waals surface area contributed by atoms with Crippen LogP contribution in [0, 0.1) is 16.7 Å². The van der Waals surface area contributed by atoms with Gasteiger partial charge in [0.05, 0.1) is 18.0 Å². The molecule has 0 aromatic carbocycles. The summed E-state index contributed by atoms with van der Waals surface area (Å²) in [6.07, 6.45) is 5.83. The Kier molecular flexibility index (Phi) is 2.57. The average Bonchev–Trinajstić information content (AvgIpc) is 2.77. The quantitative estimate of drug-likeness (QED) is 0.838. The number of hydrogen-bond donors (Lipinski definition) is 1. The molecule has 2 rings (SSSR count). The molecule has 2 N–H and O–H groups in total. The van der Waals surface area contributed by atoms with Crippen molar-refractivity contribution in [2.45, 2.75) is 32.2 Å². The number of halogens is 1. The highest BCUT2D eigenvalue weighted by Crippen LogP contribution is 2.39. The van der Waals surface area contributed by atoms with Crippen LogP contribution in [0.4, 0.5) is 5.82 Å². The number of nitriles is 1. The second-order valence-corrected chi connectivity index (χ2v) is 4.57. The van der Waals surface area contributed by atoms with Crippen LogP contribution in [-0.2, 0) is 6.54 Å². The van der Waals surface area contributed by atoms with Gasteiger partial charge in [-0.2, -0.15) is 10.4 Å². The maximum Gasteiger partial charge on any atom is 0.164 e. The molecule has 0 amide bonds. The van der Waals surface area contributed by atoms with E-state index in [9.17, 15) is 5.26 Å². The molecular weight excluding hydrogens is 212 g/mol. The van der Waals surface area contributed by atoms with E-state index in [1.807, 2.05) is 0 Å². The summed E-state index contributed by atoms with van der Waals surface area (Å²) in [5, 5.41) is 13.7. The Labute approximate surface area is 93.6 Å². The van der Waals surface area contributed by atoms with Gasteiger partial charge in [0, 0.05) is 6.20 Å². The first-order valence-electron chi connectivity index (χ1n) is 5.05. The number of nitrogen functional groups attached to an aromatic ring is 1. The Morgan fingerprint density at radius 3 is 2.73 bits per heavy atom. The molecule has 4 nitrogen and oxygen atoms in total. The summed E-state index contributed by atoms with van der Waals surface area (Å²) >= 11 is 5.81. The van der Waals surface area contributed by atoms with Crippen molar-refractivity contribution in [3.63, 3.8) is 0 Å². The molecule has 0 atom stereocenters. The summed E-state index contributed by atoms with van der Waals surface area (Å²) in [6.45, 7) is 0.598. The highest BCUT2D eigenvalue weighted by molar-refractivity contribution is 6.32. The third-order valence-electron chi connectivity index (χ3n) is 3.01. The van der Waals surface area contributed by atoms with Crippen molar-refractivity contribution in [3.8, 4) is 6.07 Å². The van der Waals surface area contributed by atoms with Gasteiger partial charge in [0.15, 0.2) is 5.82 Å². The number of aromatic nitrogens is 2. The van der Waals surface area contributed by atoms with E-state index in [4.69, 9.17) is 17.3 Å². The standard InChI is InChI=1S/C10H13ClN4/c11-8-5-15(14-9(8)13)7-10(6-12)3-1-2-4-10/h5H,1-4,7H2,(H2,13,14). The van der Waals surface area contributed by atoms with Gasteiger partial charge >= 0.3 is 0 Å². The Balaban J connectivity index is 2.17. The number of nitrogens with zero attached hydrogens (tertiary/aromatic N) is 3. The zero-order chi connectivity index (χ0) is 10.9. The molecule has 0 radical (unpaired) electrons. The maximum absolute atomic E-state index is 9.20. The van der Waals surface area contributed by atoms with Crippen LogP contribution < -0.4 is 5.73 Å². The van der Waals surface area contributed by atoms with E-state index in [-0.39, 0.29) is 5.41 Å². The normalized spacial score (nSPS) is 18.9. The number of nitrogens with two attached hydrogens (primary N) is 1. The molecule has 15 heavy (non-hydrogen) atoms. The lowest BCUT2D eigenvalue weighted by Gasteiger charge is -2.19. The smallest absolute Gasteiger partial charge is 0.164 e. The van der Waals surface area contributed by atoms with Crippen molar-refractivity contribution < 1.29 is 0 Å². The van der Waals surface area contributed by atoms with Gasteiger partial charge in [-0.15, -0.1) is 0 Å². The van der Waals surface area contributed by atoms with Crippen molar-refractivity contribution >= 4 is 17.4 Å². The molecule has 1 saturated carbocycles. The van der Waals surface area contributed by atoms with E-state index in [0.717, 1.165) is 25.7 Å². The minimum absolute atomic E-state index is 0.262. The topological polar surface area (TPSA) is 67.6 Å². The van der Waals surface area contributed by atoms with Crippen LogP contribution in [0.25, 0.3) is 0 Å². The summed E-state index contributed by atoms with van der Waals surface area (Å²) in [7, 11) is 0. The zero-order valence-electron chi connectivity index (χ0n) is 8.41. The highest BCUT2D eigenvalue weighted by atomic mass is 35.5. The summed E-state index contributed by atoms with van der Waals surface area (Å²) in [6, 6.07) is 2.41. The third kappa shape index (κ3) is 1.93. The summed E-state index contributed by atoms with van der Waals surface area (Å²) < 4.78 is 1.69. The Morgan fingerprint density at radius 2 is 2.27 bits per heavy atom. The minimum atomic E-state index is -0.262. The lowest BCUT2D eigenvalue weighted by molar-refractivity contribution is 0.327. The highest BCUT2D eigenvalue weighted by Gasteiger charge is 2.34. The van der Waals surface area contributed by atoms with E-state index < -0.39 is 0 Å². The first kappa shape index (κ1) is 10.3. The molecule has 0 unspecified atom stereocenters. The number of rotatable bonds is 2. The van der Waals surface area contributed by atoms with E-state index in [2.05, 4.69) is 11.2 Å². The van der Waals surface area contributed by atoms with Crippen LogP contribution in [0.2, 0.25) is 5.02 Å². The molecule has 1 aromatic rings. The molecule has 1 aromatic heterocycles. The largest absolute Gasteiger partial charge is 0.381 e.